The van der Waals surface area contributed by atoms with Crippen molar-refractivity contribution in [3.05, 3.63) is 46.5 Å². The number of nitrogens with one attached hydrogen (secondary N) is 1. The topological polar surface area (TPSA) is 77.5 Å². The Labute approximate surface area is 161 Å². The Balaban J connectivity index is 1.50. The summed E-state index contributed by atoms with van der Waals surface area (Å²) in [5.74, 6) is -0.0874. The highest BCUT2D eigenvalue weighted by molar-refractivity contribution is 7.17. The van der Waals surface area contributed by atoms with Gasteiger partial charge in [0.25, 0.3) is 5.91 Å². The number of carbonyl (C=O) groups is 2. The third kappa shape index (κ3) is 3.95. The number of ether oxygens (including phenoxy) is 2. The number of thiazole rings is 1. The standard InChI is InChI=1S/C20H22N2O4S/c23-16-8-4-7-15-17(16)27-19(21-15)22-18(24)20(9-11-25-12-10-20)26-13-14-5-2-1-3-6-14/h1-3,5-6H,4,7-13H2,(H,21,22,24). The molecule has 1 saturated heterocycles. The second-order valence-electron chi connectivity index (χ2n) is 6.91. The summed E-state index contributed by atoms with van der Waals surface area (Å²) < 4.78 is 11.6. The van der Waals surface area contributed by atoms with Gasteiger partial charge in [-0.05, 0) is 18.4 Å². The van der Waals surface area contributed by atoms with Gasteiger partial charge in [-0.1, -0.05) is 41.7 Å². The van der Waals surface area contributed by atoms with Crippen molar-refractivity contribution in [2.45, 2.75) is 44.3 Å². The van der Waals surface area contributed by atoms with E-state index in [-0.39, 0.29) is 11.7 Å². The molecule has 1 fully saturated rings. The molecule has 1 aliphatic carbocycles. The van der Waals surface area contributed by atoms with E-state index >= 15 is 0 Å². The maximum Gasteiger partial charge on any atom is 0.258 e. The molecule has 0 saturated carbocycles. The van der Waals surface area contributed by atoms with Crippen molar-refractivity contribution < 1.29 is 19.1 Å². The van der Waals surface area contributed by atoms with Gasteiger partial charge in [-0.25, -0.2) is 4.98 Å². The van der Waals surface area contributed by atoms with Crippen LogP contribution in [0.4, 0.5) is 5.13 Å². The summed E-state index contributed by atoms with van der Waals surface area (Å²) in [5, 5.41) is 3.38. The zero-order chi connectivity index (χ0) is 18.7. The lowest BCUT2D eigenvalue weighted by atomic mass is 9.93. The largest absolute Gasteiger partial charge is 0.381 e. The van der Waals surface area contributed by atoms with E-state index in [1.807, 2.05) is 30.3 Å². The van der Waals surface area contributed by atoms with Gasteiger partial charge in [0, 0.05) is 32.5 Å². The fraction of sp³-hybridized carbons (Fsp3) is 0.450. The van der Waals surface area contributed by atoms with Gasteiger partial charge in [-0.15, -0.1) is 0 Å². The summed E-state index contributed by atoms with van der Waals surface area (Å²) in [5.41, 5.74) is 0.883. The van der Waals surface area contributed by atoms with Crippen molar-refractivity contribution >= 4 is 28.2 Å². The maximum atomic E-state index is 13.1. The van der Waals surface area contributed by atoms with E-state index in [0.29, 0.717) is 49.1 Å². The van der Waals surface area contributed by atoms with Crippen molar-refractivity contribution in [1.29, 1.82) is 0 Å². The molecule has 1 N–H and O–H groups in total. The molecule has 0 unspecified atom stereocenters. The minimum atomic E-state index is -0.940. The molecular weight excluding hydrogens is 364 g/mol. The predicted molar refractivity (Wildman–Crippen MR) is 102 cm³/mol. The average molecular weight is 386 g/mol. The molecule has 6 nitrogen and oxygen atoms in total. The fourth-order valence-electron chi connectivity index (χ4n) is 3.47. The molecule has 2 heterocycles. The summed E-state index contributed by atoms with van der Waals surface area (Å²) in [6.45, 7) is 1.32. The highest BCUT2D eigenvalue weighted by Crippen LogP contribution is 2.32. The normalized spacial score (nSPS) is 18.7. The lowest BCUT2D eigenvalue weighted by molar-refractivity contribution is -0.158. The Morgan fingerprint density at radius 3 is 2.74 bits per heavy atom. The quantitative estimate of drug-likeness (QED) is 0.852. The molecule has 0 spiro atoms. The second kappa shape index (κ2) is 7.88. The Morgan fingerprint density at radius 2 is 2.00 bits per heavy atom. The van der Waals surface area contributed by atoms with Crippen molar-refractivity contribution in [3.63, 3.8) is 0 Å². The van der Waals surface area contributed by atoms with Crippen molar-refractivity contribution in [1.82, 2.24) is 4.98 Å². The molecule has 1 aromatic heterocycles. The number of hydrogen-bond acceptors (Lipinski definition) is 6. The number of aryl methyl sites for hydroxylation is 1. The monoisotopic (exact) mass is 386 g/mol. The number of carbonyl (C=O) groups excluding carboxylic acids is 2. The molecule has 1 aliphatic heterocycles. The molecule has 2 aromatic rings. The number of fused-ring (bicyclic) bond motifs is 1. The third-order valence-electron chi connectivity index (χ3n) is 5.06. The van der Waals surface area contributed by atoms with Crippen LogP contribution in [0.1, 0.15) is 46.6 Å². The first kappa shape index (κ1) is 18.3. The van der Waals surface area contributed by atoms with E-state index in [4.69, 9.17) is 9.47 Å². The van der Waals surface area contributed by atoms with Gasteiger partial charge in [0.15, 0.2) is 16.5 Å². The lowest BCUT2D eigenvalue weighted by Gasteiger charge is -2.35. The second-order valence-corrected chi connectivity index (χ2v) is 7.91. The smallest absolute Gasteiger partial charge is 0.258 e. The van der Waals surface area contributed by atoms with E-state index in [0.717, 1.165) is 24.1 Å². The highest BCUT2D eigenvalue weighted by atomic mass is 32.1. The van der Waals surface area contributed by atoms with E-state index in [1.54, 1.807) is 0 Å². The Hall–Kier alpha value is -2.09. The van der Waals surface area contributed by atoms with Crippen LogP contribution in [0.3, 0.4) is 0 Å². The molecule has 142 valence electrons. The van der Waals surface area contributed by atoms with Crippen molar-refractivity contribution in [2.75, 3.05) is 18.5 Å². The number of ketones is 1. The molecule has 7 heteroatoms. The summed E-state index contributed by atoms with van der Waals surface area (Å²) in [7, 11) is 0. The van der Waals surface area contributed by atoms with Crippen LogP contribution in [-0.2, 0) is 27.3 Å². The van der Waals surface area contributed by atoms with Crippen LogP contribution in [0.2, 0.25) is 0 Å². The van der Waals surface area contributed by atoms with Crippen LogP contribution in [0.25, 0.3) is 0 Å². The SMILES string of the molecule is O=C1CCCc2nc(NC(=O)C3(OCc4ccccc4)CCOCC3)sc21. The summed E-state index contributed by atoms with van der Waals surface area (Å²) in [6.07, 6.45) is 3.16. The summed E-state index contributed by atoms with van der Waals surface area (Å²) >= 11 is 1.27. The third-order valence-corrected chi connectivity index (χ3v) is 6.11. The van der Waals surface area contributed by atoms with Crippen LogP contribution in [-0.4, -0.2) is 35.5 Å². The van der Waals surface area contributed by atoms with E-state index in [9.17, 15) is 9.59 Å². The minimum absolute atomic E-state index is 0.121. The van der Waals surface area contributed by atoms with Gasteiger partial charge in [-0.3, -0.25) is 14.9 Å². The number of nitrogens with zero attached hydrogens (tertiary/aromatic N) is 1. The van der Waals surface area contributed by atoms with Gasteiger partial charge >= 0.3 is 0 Å². The predicted octanol–water partition coefficient (Wildman–Crippen LogP) is 3.37. The molecule has 2 aliphatic rings. The van der Waals surface area contributed by atoms with Crippen molar-refractivity contribution in [2.24, 2.45) is 0 Å². The number of rotatable bonds is 5. The minimum Gasteiger partial charge on any atom is -0.381 e. The van der Waals surface area contributed by atoms with E-state index in [1.165, 1.54) is 11.3 Å². The van der Waals surface area contributed by atoms with Crippen molar-refractivity contribution in [3.8, 4) is 0 Å². The lowest BCUT2D eigenvalue weighted by Crippen LogP contribution is -2.49. The molecule has 4 rings (SSSR count). The first-order valence-corrected chi connectivity index (χ1v) is 10.1. The number of hydrogen-bond donors (Lipinski definition) is 1. The van der Waals surface area contributed by atoms with Gasteiger partial charge in [-0.2, -0.15) is 0 Å². The van der Waals surface area contributed by atoms with E-state index in [2.05, 4.69) is 10.3 Å². The molecule has 0 radical (unpaired) electrons. The molecule has 1 aromatic carbocycles. The zero-order valence-electron chi connectivity index (χ0n) is 15.0. The van der Waals surface area contributed by atoms with Gasteiger partial charge in [0.2, 0.25) is 0 Å². The maximum absolute atomic E-state index is 13.1. The van der Waals surface area contributed by atoms with Gasteiger partial charge in [0.05, 0.1) is 17.2 Å². The molecular formula is C20H22N2O4S. The van der Waals surface area contributed by atoms with Gasteiger partial charge in [0.1, 0.15) is 0 Å². The first-order valence-electron chi connectivity index (χ1n) is 9.26. The summed E-state index contributed by atoms with van der Waals surface area (Å²) in [6, 6.07) is 9.81. The fourth-order valence-corrected chi connectivity index (χ4v) is 4.44. The Morgan fingerprint density at radius 1 is 1.22 bits per heavy atom. The number of benzene rings is 1. The van der Waals surface area contributed by atoms with Crippen LogP contribution in [0.5, 0.6) is 0 Å². The number of amides is 1. The Bertz CT molecular complexity index is 828. The van der Waals surface area contributed by atoms with E-state index < -0.39 is 5.60 Å². The van der Waals surface area contributed by atoms with Crippen LogP contribution in [0, 0.1) is 0 Å². The summed E-state index contributed by atoms with van der Waals surface area (Å²) in [4.78, 5) is 30.3. The average Bonchev–Trinajstić information content (AvgIpc) is 3.12. The Kier molecular flexibility index (Phi) is 5.33. The number of aromatic nitrogens is 1. The number of Topliss-reactive ketones (excluding diaryl/α,β-unsaturated/α-hetero) is 1. The molecule has 0 bridgehead atoms. The van der Waals surface area contributed by atoms with Crippen LogP contribution in [0.15, 0.2) is 30.3 Å². The zero-order valence-corrected chi connectivity index (χ0v) is 15.8. The van der Waals surface area contributed by atoms with Crippen LogP contribution < -0.4 is 5.32 Å². The molecule has 1 amide bonds. The molecule has 27 heavy (non-hydrogen) atoms. The highest BCUT2D eigenvalue weighted by Gasteiger charge is 2.42. The first-order chi connectivity index (χ1) is 13.2. The molecule has 0 atom stereocenters. The number of anilines is 1. The van der Waals surface area contributed by atoms with Gasteiger partial charge < -0.3 is 9.47 Å². The van der Waals surface area contributed by atoms with Crippen LogP contribution >= 0.6 is 11.3 Å².